The second-order valence-electron chi connectivity index (χ2n) is 8.50. The number of halogens is 1. The maximum Gasteiger partial charge on any atom is 0.237 e. The first kappa shape index (κ1) is 23.1. The van der Waals surface area contributed by atoms with Crippen LogP contribution in [0.4, 0.5) is 5.69 Å². The largest absolute Gasteiger partial charge is 0.488 e. The predicted molar refractivity (Wildman–Crippen MR) is 128 cm³/mol. The summed E-state index contributed by atoms with van der Waals surface area (Å²) >= 11 is 7.38. The van der Waals surface area contributed by atoms with Gasteiger partial charge in [0.25, 0.3) is 0 Å². The second-order valence-corrected chi connectivity index (χ2v) is 9.55. The molecule has 0 atom stereocenters. The zero-order valence-electron chi connectivity index (χ0n) is 18.2. The number of nitrogens with one attached hydrogen (secondary N) is 1. The van der Waals surface area contributed by atoms with E-state index in [1.165, 1.54) is 5.56 Å². The van der Waals surface area contributed by atoms with Crippen molar-refractivity contribution in [3.63, 3.8) is 0 Å². The number of alkyl halides is 1. The fourth-order valence-electron chi connectivity index (χ4n) is 4.39. The van der Waals surface area contributed by atoms with E-state index in [2.05, 4.69) is 27.0 Å². The smallest absolute Gasteiger partial charge is 0.237 e. The lowest BCUT2D eigenvalue weighted by atomic mass is 9.95. The molecule has 0 radical (unpaired) electrons. The molecule has 3 heterocycles. The number of carbonyl (C=O) groups excluding carboxylic acids is 2. The zero-order valence-corrected chi connectivity index (χ0v) is 19.7. The van der Waals surface area contributed by atoms with Crippen molar-refractivity contribution >= 4 is 40.4 Å². The third-order valence-electron chi connectivity index (χ3n) is 6.29. The molecule has 1 aromatic carbocycles. The van der Waals surface area contributed by atoms with Gasteiger partial charge in [-0.1, -0.05) is 12.1 Å². The van der Waals surface area contributed by atoms with Crippen LogP contribution in [0.5, 0.6) is 5.75 Å². The molecule has 0 spiro atoms. The van der Waals surface area contributed by atoms with Crippen molar-refractivity contribution in [1.82, 2.24) is 9.80 Å². The molecule has 2 aliphatic heterocycles. The number of benzene rings is 1. The molecule has 2 saturated heterocycles. The molecule has 0 saturated carbocycles. The highest BCUT2D eigenvalue weighted by atomic mass is 35.5. The molecule has 32 heavy (non-hydrogen) atoms. The summed E-state index contributed by atoms with van der Waals surface area (Å²) in [5, 5.41) is 7.40. The third-order valence-corrected chi connectivity index (χ3v) is 7.25. The number of thiophene rings is 1. The van der Waals surface area contributed by atoms with Gasteiger partial charge in [-0.25, -0.2) is 0 Å². The predicted octanol–water partition coefficient (Wildman–Crippen LogP) is 4.21. The summed E-state index contributed by atoms with van der Waals surface area (Å²) in [4.78, 5) is 28.8. The van der Waals surface area contributed by atoms with E-state index >= 15 is 0 Å². The Balaban J connectivity index is 1.28. The van der Waals surface area contributed by atoms with Gasteiger partial charge in [0.2, 0.25) is 11.8 Å². The molecule has 0 aliphatic carbocycles. The summed E-state index contributed by atoms with van der Waals surface area (Å²) in [6, 6.07) is 9.85. The van der Waals surface area contributed by atoms with Crippen molar-refractivity contribution in [1.29, 1.82) is 0 Å². The molecule has 4 rings (SSSR count). The summed E-state index contributed by atoms with van der Waals surface area (Å²) < 4.78 is 6.31. The number of piperidine rings is 2. The lowest BCUT2D eigenvalue weighted by Gasteiger charge is -2.33. The van der Waals surface area contributed by atoms with Gasteiger partial charge in [-0.15, -0.1) is 11.6 Å². The number of para-hydroxylation sites is 2. The summed E-state index contributed by atoms with van der Waals surface area (Å²) in [6.07, 6.45) is 3.40. The maximum atomic E-state index is 12.9. The second kappa shape index (κ2) is 11.2. The Bertz CT molecular complexity index is 892. The van der Waals surface area contributed by atoms with Crippen LogP contribution in [0.15, 0.2) is 41.1 Å². The van der Waals surface area contributed by atoms with Crippen molar-refractivity contribution in [3.05, 3.63) is 46.7 Å². The third kappa shape index (κ3) is 6.03. The van der Waals surface area contributed by atoms with Gasteiger partial charge < -0.3 is 15.0 Å². The molecule has 2 fully saturated rings. The molecular weight excluding hydrogens is 446 g/mol. The van der Waals surface area contributed by atoms with E-state index in [0.717, 1.165) is 43.9 Å². The van der Waals surface area contributed by atoms with Crippen molar-refractivity contribution in [2.24, 2.45) is 5.92 Å². The molecule has 6 nitrogen and oxygen atoms in total. The molecule has 2 aromatic rings. The normalized spacial score (nSPS) is 18.5. The molecule has 1 N–H and O–H groups in total. The topological polar surface area (TPSA) is 61.9 Å². The van der Waals surface area contributed by atoms with Crippen LogP contribution in [0.25, 0.3) is 0 Å². The first-order valence-electron chi connectivity index (χ1n) is 11.3. The van der Waals surface area contributed by atoms with Gasteiger partial charge >= 0.3 is 0 Å². The molecule has 172 valence electrons. The van der Waals surface area contributed by atoms with Gasteiger partial charge in [-0.05, 0) is 60.2 Å². The average molecular weight is 476 g/mol. The lowest BCUT2D eigenvalue weighted by molar-refractivity contribution is -0.132. The Morgan fingerprint density at radius 1 is 1.06 bits per heavy atom. The Hall–Kier alpha value is -2.09. The van der Waals surface area contributed by atoms with Crippen molar-refractivity contribution in [2.45, 2.75) is 38.3 Å². The minimum Gasteiger partial charge on any atom is -0.488 e. The monoisotopic (exact) mass is 475 g/mol. The van der Waals surface area contributed by atoms with Crippen molar-refractivity contribution in [3.8, 4) is 5.75 Å². The molecule has 2 amide bonds. The number of nitrogens with zero attached hydrogens (tertiary/aromatic N) is 2. The number of likely N-dealkylation sites (tertiary alicyclic amines) is 2. The highest BCUT2D eigenvalue weighted by Crippen LogP contribution is 2.29. The summed E-state index contributed by atoms with van der Waals surface area (Å²) in [5.41, 5.74) is 2.10. The maximum absolute atomic E-state index is 12.9. The Labute approximate surface area is 198 Å². The number of amides is 2. The zero-order chi connectivity index (χ0) is 22.3. The molecular formula is C24H30ClN3O3S. The van der Waals surface area contributed by atoms with Gasteiger partial charge in [0.1, 0.15) is 17.7 Å². The minimum atomic E-state index is -0.109. The Morgan fingerprint density at radius 3 is 2.50 bits per heavy atom. The van der Waals surface area contributed by atoms with Crippen LogP contribution < -0.4 is 10.1 Å². The van der Waals surface area contributed by atoms with Gasteiger partial charge in [0.05, 0.1) is 5.69 Å². The Kier molecular flexibility index (Phi) is 8.05. The molecule has 0 bridgehead atoms. The average Bonchev–Trinajstić information content (AvgIpc) is 3.34. The van der Waals surface area contributed by atoms with Gasteiger partial charge in [0, 0.05) is 38.6 Å². The van der Waals surface area contributed by atoms with Crippen molar-refractivity contribution < 1.29 is 14.3 Å². The van der Waals surface area contributed by atoms with Crippen molar-refractivity contribution in [2.75, 3.05) is 37.4 Å². The minimum absolute atomic E-state index is 0.00547. The van der Waals surface area contributed by atoms with E-state index in [1.807, 2.05) is 24.3 Å². The van der Waals surface area contributed by atoms with Crippen LogP contribution in [0.3, 0.4) is 0 Å². The summed E-state index contributed by atoms with van der Waals surface area (Å²) in [6.45, 7) is 4.17. The van der Waals surface area contributed by atoms with Gasteiger partial charge in [0.15, 0.2) is 0 Å². The van der Waals surface area contributed by atoms with E-state index < -0.39 is 0 Å². The Morgan fingerprint density at radius 2 is 1.81 bits per heavy atom. The number of anilines is 1. The fraction of sp³-hybridized carbons (Fsp3) is 0.500. The van der Waals surface area contributed by atoms with Crippen LogP contribution in [-0.2, 0) is 16.1 Å². The molecule has 0 unspecified atom stereocenters. The number of hydrogen-bond donors (Lipinski definition) is 1. The molecule has 2 aliphatic rings. The number of carbonyl (C=O) groups is 2. The van der Waals surface area contributed by atoms with Crippen LogP contribution in [0, 0.1) is 5.92 Å². The van der Waals surface area contributed by atoms with E-state index in [4.69, 9.17) is 16.3 Å². The first-order chi connectivity index (χ1) is 15.6. The summed E-state index contributed by atoms with van der Waals surface area (Å²) in [7, 11) is 0. The van der Waals surface area contributed by atoms with Crippen LogP contribution in [0.1, 0.15) is 31.2 Å². The van der Waals surface area contributed by atoms with E-state index in [1.54, 1.807) is 16.2 Å². The van der Waals surface area contributed by atoms with Crippen LogP contribution in [-0.4, -0.2) is 59.8 Å². The fourth-order valence-corrected chi connectivity index (χ4v) is 5.22. The number of hydrogen-bond acceptors (Lipinski definition) is 5. The standard InChI is InChI=1S/C24H30ClN3O3S/c25-15-23(29)28-12-5-19(6-13-28)24(30)26-21-3-1-2-4-22(21)31-20-7-10-27(11-8-20)16-18-9-14-32-17-18/h1-4,9,14,17,19-20H,5-8,10-13,15-16H2,(H,26,30). The summed E-state index contributed by atoms with van der Waals surface area (Å²) in [5.74, 6) is 0.541. The van der Waals surface area contributed by atoms with E-state index in [9.17, 15) is 9.59 Å². The first-order valence-corrected chi connectivity index (χ1v) is 12.7. The SMILES string of the molecule is O=C(Nc1ccccc1OC1CCN(Cc2ccsc2)CC1)C1CCN(C(=O)CCl)CC1. The highest BCUT2D eigenvalue weighted by Gasteiger charge is 2.28. The van der Waals surface area contributed by atoms with Crippen LogP contribution >= 0.6 is 22.9 Å². The van der Waals surface area contributed by atoms with Gasteiger partial charge in [-0.3, -0.25) is 14.5 Å². The lowest BCUT2D eigenvalue weighted by Crippen LogP contribution is -2.42. The van der Waals surface area contributed by atoms with Gasteiger partial charge in [-0.2, -0.15) is 11.3 Å². The number of rotatable bonds is 7. The number of ether oxygens (including phenoxy) is 1. The van der Waals surface area contributed by atoms with E-state index in [0.29, 0.717) is 25.9 Å². The molecule has 1 aromatic heterocycles. The van der Waals surface area contributed by atoms with E-state index in [-0.39, 0.29) is 29.7 Å². The quantitative estimate of drug-likeness (QED) is 0.609. The highest BCUT2D eigenvalue weighted by molar-refractivity contribution is 7.07. The molecule has 8 heteroatoms. The van der Waals surface area contributed by atoms with Crippen LogP contribution in [0.2, 0.25) is 0 Å².